The predicted molar refractivity (Wildman–Crippen MR) is 203 cm³/mol. The zero-order valence-corrected chi connectivity index (χ0v) is 32.6. The number of allylic oxidation sites excluding steroid dienone is 1. The van der Waals surface area contributed by atoms with Crippen molar-refractivity contribution in [2.24, 2.45) is 45.9 Å². The van der Waals surface area contributed by atoms with Crippen molar-refractivity contribution < 1.29 is 38.2 Å². The van der Waals surface area contributed by atoms with Gasteiger partial charge in [0.25, 0.3) is 5.88 Å². The van der Waals surface area contributed by atoms with Crippen LogP contribution in [0.3, 0.4) is 0 Å². The summed E-state index contributed by atoms with van der Waals surface area (Å²) in [5.74, 6) is 6.55. The van der Waals surface area contributed by atoms with Crippen molar-refractivity contribution in [2.45, 2.75) is 130 Å². The number of alkyl carbamates (subject to hydrolysis) is 2. The Morgan fingerprint density at radius 3 is 1.89 bits per heavy atom. The Bertz CT molecular complexity index is 1270. The lowest BCUT2D eigenvalue weighted by Gasteiger charge is -2.32. The van der Waals surface area contributed by atoms with E-state index in [1.807, 2.05) is 25.7 Å². The van der Waals surface area contributed by atoms with Crippen LogP contribution in [0.1, 0.15) is 130 Å². The average Bonchev–Trinajstić information content (AvgIpc) is 3.41. The molecule has 0 aromatic carbocycles. The van der Waals surface area contributed by atoms with Crippen LogP contribution in [0.5, 0.6) is 0 Å². The molecule has 0 saturated heterocycles. The van der Waals surface area contributed by atoms with Crippen LogP contribution in [0.4, 0.5) is 9.59 Å². The molecule has 12 nitrogen and oxygen atoms in total. The van der Waals surface area contributed by atoms with Crippen LogP contribution in [0.25, 0.3) is 0 Å². The minimum absolute atomic E-state index is 0.0265. The van der Waals surface area contributed by atoms with Crippen LogP contribution in [-0.2, 0) is 28.6 Å². The smallest absolute Gasteiger partial charge is 0.407 e. The van der Waals surface area contributed by atoms with Gasteiger partial charge in [-0.05, 0) is 113 Å². The molecule has 3 N–H and O–H groups in total. The van der Waals surface area contributed by atoms with E-state index in [1.165, 1.54) is 12.8 Å². The van der Waals surface area contributed by atoms with Crippen molar-refractivity contribution in [3.05, 3.63) is 11.5 Å². The highest BCUT2D eigenvalue weighted by molar-refractivity contribution is 5.67. The molecular formula is C41H66N4O8. The Kier molecular flexibility index (Phi) is 20.4. The number of carbonyl (C=O) groups is 2. The topological polar surface area (TPSA) is 161 Å². The Hall–Kier alpha value is -3.58. The van der Waals surface area contributed by atoms with Crippen LogP contribution >= 0.6 is 0 Å². The number of amides is 2. The number of nitrogens with zero attached hydrogens (tertiary/aromatic N) is 1. The van der Waals surface area contributed by atoms with Gasteiger partial charge in [-0.3, -0.25) is 0 Å². The fourth-order valence-electron chi connectivity index (χ4n) is 8.32. The lowest BCUT2D eigenvalue weighted by molar-refractivity contribution is -0.0242. The molecule has 2 amide bonds. The second-order valence-electron chi connectivity index (χ2n) is 16.4. The Balaban J connectivity index is 1.53. The fourth-order valence-corrected chi connectivity index (χ4v) is 8.32. The highest BCUT2D eigenvalue weighted by Crippen LogP contribution is 2.33. The number of hydrogen-bond donors (Lipinski definition) is 3. The summed E-state index contributed by atoms with van der Waals surface area (Å²) in [6.07, 6.45) is 17.7. The van der Waals surface area contributed by atoms with Gasteiger partial charge in [0, 0.05) is 25.2 Å². The molecule has 3 saturated carbocycles. The molecule has 0 aromatic rings. The first-order chi connectivity index (χ1) is 25.7. The molecule has 3 rings (SSSR count). The fraction of sp³-hybridized carbons (Fsp3) is 0.829. The number of ether oxygens (including phenoxy) is 3. The quantitative estimate of drug-likeness (QED) is 0.0362. The molecule has 53 heavy (non-hydrogen) atoms. The Labute approximate surface area is 317 Å². The second kappa shape index (κ2) is 24.7. The molecule has 0 radical (unpaired) electrons. The number of carbonyl (C=O) groups excluding carboxylic acids is 5. The van der Waals surface area contributed by atoms with Crippen molar-refractivity contribution >= 4 is 30.1 Å². The molecule has 0 aliphatic heterocycles. The highest BCUT2D eigenvalue weighted by atomic mass is 16.6. The number of hydrogen-bond acceptors (Lipinski definition) is 10. The first-order valence-electron chi connectivity index (χ1n) is 20.3. The van der Waals surface area contributed by atoms with E-state index < -0.39 is 17.6 Å². The third-order valence-corrected chi connectivity index (χ3v) is 11.9. The normalized spacial score (nSPS) is 25.4. The van der Waals surface area contributed by atoms with Crippen molar-refractivity contribution in [3.8, 4) is 0 Å². The average molecular weight is 743 g/mol. The van der Waals surface area contributed by atoms with Gasteiger partial charge < -0.3 is 30.2 Å². The van der Waals surface area contributed by atoms with E-state index in [1.54, 1.807) is 6.08 Å². The number of aliphatic imine (C=N–C) groups is 1. The zero-order valence-electron chi connectivity index (χ0n) is 32.6. The van der Waals surface area contributed by atoms with Crippen LogP contribution in [-0.4, -0.2) is 76.1 Å². The molecule has 12 heteroatoms. The minimum atomic E-state index is -0.906. The van der Waals surface area contributed by atoms with E-state index in [0.717, 1.165) is 95.5 Å². The molecule has 0 aromatic heterocycles. The Morgan fingerprint density at radius 2 is 1.26 bits per heavy atom. The van der Waals surface area contributed by atoms with E-state index >= 15 is 0 Å². The van der Waals surface area contributed by atoms with Crippen LogP contribution in [0.2, 0.25) is 0 Å². The van der Waals surface area contributed by atoms with E-state index in [2.05, 4.69) is 27.9 Å². The first-order valence-corrected chi connectivity index (χ1v) is 20.3. The number of nitrogens with one attached hydrogen (secondary N) is 3. The zero-order chi connectivity index (χ0) is 38.3. The monoisotopic (exact) mass is 742 g/mol. The van der Waals surface area contributed by atoms with Gasteiger partial charge in [0.1, 0.15) is 25.8 Å². The second-order valence-corrected chi connectivity index (χ2v) is 16.4. The first kappa shape index (κ1) is 43.8. The van der Waals surface area contributed by atoms with Gasteiger partial charge in [-0.1, -0.05) is 52.4 Å². The maximum atomic E-state index is 13.0. The highest BCUT2D eigenvalue weighted by Gasteiger charge is 2.35. The van der Waals surface area contributed by atoms with Crippen LogP contribution < -0.4 is 16.0 Å². The number of rotatable bonds is 21. The third kappa shape index (κ3) is 17.4. The molecular weight excluding hydrogens is 676 g/mol. The van der Waals surface area contributed by atoms with Crippen molar-refractivity contribution in [3.63, 3.8) is 0 Å². The molecule has 298 valence electrons. The summed E-state index contributed by atoms with van der Waals surface area (Å²) in [7, 11) is 0. The minimum Gasteiger partial charge on any atom is -0.470 e. The molecule has 7 unspecified atom stereocenters. The number of isocyanates is 1. The van der Waals surface area contributed by atoms with Gasteiger partial charge in [0.05, 0.1) is 12.0 Å². The summed E-state index contributed by atoms with van der Waals surface area (Å²) in [5.41, 5.74) is -0.144. The largest absolute Gasteiger partial charge is 0.470 e. The molecule has 0 heterocycles. The third-order valence-electron chi connectivity index (χ3n) is 11.9. The Morgan fingerprint density at radius 1 is 0.698 bits per heavy atom. The maximum Gasteiger partial charge on any atom is 0.407 e. The summed E-state index contributed by atoms with van der Waals surface area (Å²) in [6.45, 7) is 7.96. The molecule has 3 fully saturated rings. The maximum absolute atomic E-state index is 13.0. The van der Waals surface area contributed by atoms with Gasteiger partial charge in [0.15, 0.2) is 5.94 Å². The molecule has 0 spiro atoms. The van der Waals surface area contributed by atoms with Gasteiger partial charge in [-0.25, -0.2) is 29.0 Å². The van der Waals surface area contributed by atoms with E-state index in [0.29, 0.717) is 68.1 Å². The van der Waals surface area contributed by atoms with E-state index in [9.17, 15) is 24.0 Å². The molecule has 3 aliphatic carbocycles. The summed E-state index contributed by atoms with van der Waals surface area (Å²) < 4.78 is 17.4. The van der Waals surface area contributed by atoms with Crippen molar-refractivity contribution in [1.82, 2.24) is 16.0 Å². The van der Waals surface area contributed by atoms with Crippen molar-refractivity contribution in [2.75, 3.05) is 46.0 Å². The van der Waals surface area contributed by atoms with Gasteiger partial charge in [-0.15, -0.1) is 0 Å². The van der Waals surface area contributed by atoms with E-state index in [4.69, 9.17) is 14.2 Å². The van der Waals surface area contributed by atoms with Crippen molar-refractivity contribution in [1.29, 1.82) is 0 Å². The summed E-state index contributed by atoms with van der Waals surface area (Å²) in [5, 5.41) is 8.99. The van der Waals surface area contributed by atoms with Gasteiger partial charge in [0.2, 0.25) is 6.08 Å². The molecule has 3 aliphatic rings. The lowest BCUT2D eigenvalue weighted by Crippen LogP contribution is -2.42. The predicted octanol–water partition coefficient (Wildman–Crippen LogP) is 7.23. The summed E-state index contributed by atoms with van der Waals surface area (Å²) in [4.78, 5) is 62.9. The molecule has 7 atom stereocenters. The van der Waals surface area contributed by atoms with Crippen LogP contribution in [0.15, 0.2) is 16.4 Å². The van der Waals surface area contributed by atoms with Gasteiger partial charge >= 0.3 is 12.2 Å². The summed E-state index contributed by atoms with van der Waals surface area (Å²) >= 11 is 0. The standard InChI is InChI=1S/C41H66N4O8/c1-4-41(28-52-39(49)44-23-36-15-5-9-31(2)19-36,27-51-38(26-47)43-22-35-14-8-13-34(17-18-35)21-42-30-48)29-53-40(50)45-24-37-16-7-12-33(20-37)11-6-10-32(3)25-46/h31,33-37,43H,4-24,27-29H2,1-3H3,(H,44,49)(H,45,50). The lowest BCUT2D eigenvalue weighted by atomic mass is 9.79. The van der Waals surface area contributed by atoms with Gasteiger partial charge in [-0.2, -0.15) is 0 Å². The molecule has 0 bridgehead atoms. The van der Waals surface area contributed by atoms with Crippen LogP contribution in [0, 0.1) is 40.9 Å². The SMILES string of the molecule is CCC(COC(=O)NCC1CCCC(C)C1)(COC(=O)NCC1CCCC(CCCC(C)=C=O)C1)COC(=C=O)NCC1CCCC(CN=C=O)CC1. The van der Waals surface area contributed by atoms with E-state index in [-0.39, 0.29) is 25.7 Å². The summed E-state index contributed by atoms with van der Waals surface area (Å²) in [6, 6.07) is 0.